The highest BCUT2D eigenvalue weighted by molar-refractivity contribution is 5.98. The van der Waals surface area contributed by atoms with E-state index < -0.39 is 158 Å². The maximum atomic E-state index is 14.4. The zero-order valence-corrected chi connectivity index (χ0v) is 43.6. The van der Waals surface area contributed by atoms with E-state index in [0.29, 0.717) is 12.8 Å². The van der Waals surface area contributed by atoms with Gasteiger partial charge in [-0.25, -0.2) is 0 Å². The molecule has 3 heterocycles. The van der Waals surface area contributed by atoms with Crippen molar-refractivity contribution in [3.63, 3.8) is 0 Å². The summed E-state index contributed by atoms with van der Waals surface area (Å²) >= 11 is 0. The third-order valence-corrected chi connectivity index (χ3v) is 14.2. The molecule has 13 N–H and O–H groups in total. The van der Waals surface area contributed by atoms with Crippen molar-refractivity contribution < 1.29 is 79.5 Å². The molecule has 420 valence electrons. The first-order valence-corrected chi connectivity index (χ1v) is 26.4. The van der Waals surface area contributed by atoms with E-state index in [0.717, 1.165) is 62.2 Å². The first kappa shape index (κ1) is 62.2. The molecule has 3 fully saturated rings. The number of phenolic OH excluding ortho intramolecular Hbond substituents is 1. The summed E-state index contributed by atoms with van der Waals surface area (Å²) in [6.45, 7) is 5.07. The second-order valence-electron chi connectivity index (χ2n) is 20.4. The molecule has 3 aliphatic heterocycles. The lowest BCUT2D eigenvalue weighted by atomic mass is 9.86. The van der Waals surface area contributed by atoms with Crippen LogP contribution in [0.15, 0.2) is 48.6 Å². The SMILES string of the molecule is CCCCC/C=C/C/C=C/CCCCCCCC(=O)N[C@H]1C[C@@H](O)[C@@H](O)NC(=O)C2[C@@H](O)[C@@H](C)CN2C(=O)[C@H]([C@@H](C)O)NC(=O)[C@H]([C@H](O)[C@@H](O)c2ccc(O)cc2)CC(=O)[C@@H]2C[C@@H](O)CN2C(=O)[C@H]([C@@H](C)O)NC1=O. The van der Waals surface area contributed by atoms with Crippen LogP contribution < -0.4 is 21.3 Å². The molecule has 0 saturated carbocycles. The lowest BCUT2D eigenvalue weighted by Crippen LogP contribution is -2.61. The molecule has 0 spiro atoms. The van der Waals surface area contributed by atoms with Gasteiger partial charge in [0.05, 0.1) is 42.5 Å². The minimum absolute atomic E-state index is 0.0214. The summed E-state index contributed by atoms with van der Waals surface area (Å²) in [5, 5.41) is 109. The Labute approximate surface area is 438 Å². The van der Waals surface area contributed by atoms with Crippen LogP contribution in [0.25, 0.3) is 0 Å². The molecule has 4 rings (SSSR count). The molecule has 0 aromatic heterocycles. The number of fused-ring (bicyclic) bond motifs is 2. The number of carbonyl (C=O) groups is 7. The van der Waals surface area contributed by atoms with Crippen molar-refractivity contribution in [2.45, 2.75) is 203 Å². The highest BCUT2D eigenvalue weighted by Crippen LogP contribution is 2.31. The van der Waals surface area contributed by atoms with E-state index in [1.165, 1.54) is 50.5 Å². The Morgan fingerprint density at radius 1 is 0.720 bits per heavy atom. The summed E-state index contributed by atoms with van der Waals surface area (Å²) in [6, 6.07) is -4.08. The lowest BCUT2D eigenvalue weighted by Gasteiger charge is -2.33. The van der Waals surface area contributed by atoms with Gasteiger partial charge in [0.25, 0.3) is 0 Å². The van der Waals surface area contributed by atoms with Crippen LogP contribution in [0.1, 0.15) is 136 Å². The lowest BCUT2D eigenvalue weighted by molar-refractivity contribution is -0.149. The highest BCUT2D eigenvalue weighted by Gasteiger charge is 2.50. The maximum absolute atomic E-state index is 14.4. The molecule has 22 heteroatoms. The van der Waals surface area contributed by atoms with Crippen LogP contribution in [0.4, 0.5) is 0 Å². The third-order valence-electron chi connectivity index (χ3n) is 14.2. The van der Waals surface area contributed by atoms with Crippen molar-refractivity contribution in [2.24, 2.45) is 11.8 Å². The zero-order valence-electron chi connectivity index (χ0n) is 43.6. The molecule has 15 atom stereocenters. The second kappa shape index (κ2) is 30.4. The first-order chi connectivity index (χ1) is 35.6. The van der Waals surface area contributed by atoms with Crippen LogP contribution in [0.3, 0.4) is 0 Å². The first-order valence-electron chi connectivity index (χ1n) is 26.4. The van der Waals surface area contributed by atoms with Crippen LogP contribution in [-0.2, 0) is 33.6 Å². The van der Waals surface area contributed by atoms with E-state index in [2.05, 4.69) is 52.5 Å². The van der Waals surface area contributed by atoms with Crippen molar-refractivity contribution in [2.75, 3.05) is 13.1 Å². The molecular weight excluding hydrogens is 977 g/mol. The Hall–Kier alpha value is -5.33. The minimum atomic E-state index is -2.22. The average molecular weight is 1060 g/mol. The molecule has 75 heavy (non-hydrogen) atoms. The van der Waals surface area contributed by atoms with Gasteiger partial charge in [0, 0.05) is 44.7 Å². The number of Topliss-reactive ketones (excluding diaryl/α,β-unsaturated/α-hetero) is 1. The molecular formula is C53H82N6O16. The number of nitrogens with zero attached hydrogens (tertiary/aromatic N) is 2. The Bertz CT molecular complexity index is 2110. The smallest absolute Gasteiger partial charge is 0.248 e. The number of aliphatic hydroxyl groups excluding tert-OH is 8. The summed E-state index contributed by atoms with van der Waals surface area (Å²) in [7, 11) is 0. The van der Waals surface area contributed by atoms with E-state index >= 15 is 0 Å². The number of amides is 6. The third kappa shape index (κ3) is 18.2. The fourth-order valence-electron chi connectivity index (χ4n) is 9.67. The summed E-state index contributed by atoms with van der Waals surface area (Å²) in [5.74, 6) is -10.5. The topological polar surface area (TPSA) is 356 Å². The number of unbranched alkanes of at least 4 members (excludes halogenated alkanes) is 8. The predicted molar refractivity (Wildman–Crippen MR) is 272 cm³/mol. The zero-order chi connectivity index (χ0) is 55.5. The van der Waals surface area contributed by atoms with Crippen LogP contribution in [0.5, 0.6) is 5.75 Å². The fraction of sp³-hybridized carbons (Fsp3) is 0.679. The second-order valence-corrected chi connectivity index (χ2v) is 20.4. The van der Waals surface area contributed by atoms with Crippen LogP contribution in [-0.4, -0.2) is 183 Å². The summed E-state index contributed by atoms with van der Waals surface area (Å²) in [5.41, 5.74) is -0.0214. The molecule has 1 aromatic rings. The van der Waals surface area contributed by atoms with Crippen molar-refractivity contribution in [1.82, 2.24) is 31.1 Å². The van der Waals surface area contributed by atoms with Crippen molar-refractivity contribution in [3.05, 3.63) is 54.1 Å². The monoisotopic (exact) mass is 1060 g/mol. The van der Waals surface area contributed by atoms with E-state index in [9.17, 15) is 79.5 Å². The van der Waals surface area contributed by atoms with Gasteiger partial charge in [0.2, 0.25) is 35.4 Å². The number of carbonyl (C=O) groups excluding carboxylic acids is 7. The largest absolute Gasteiger partial charge is 0.508 e. The molecule has 6 amide bonds. The number of hydrogen-bond acceptors (Lipinski definition) is 16. The van der Waals surface area contributed by atoms with Crippen LogP contribution >= 0.6 is 0 Å². The normalized spacial score (nSPS) is 29.5. The number of aromatic hydroxyl groups is 1. The minimum Gasteiger partial charge on any atom is -0.508 e. The van der Waals surface area contributed by atoms with E-state index in [1.54, 1.807) is 0 Å². The number of rotatable bonds is 20. The number of hydrogen-bond donors (Lipinski definition) is 13. The van der Waals surface area contributed by atoms with Crippen molar-refractivity contribution >= 4 is 41.2 Å². The molecule has 0 bridgehead atoms. The number of ketones is 1. The molecule has 1 unspecified atom stereocenters. The molecule has 0 radical (unpaired) electrons. The summed E-state index contributed by atoms with van der Waals surface area (Å²) in [4.78, 5) is 101. The molecule has 3 saturated heterocycles. The molecule has 0 aliphatic carbocycles. The summed E-state index contributed by atoms with van der Waals surface area (Å²) in [6.07, 6.45) is 1.94. The van der Waals surface area contributed by atoms with Gasteiger partial charge in [-0.3, -0.25) is 33.6 Å². The van der Waals surface area contributed by atoms with Crippen LogP contribution in [0, 0.1) is 11.8 Å². The van der Waals surface area contributed by atoms with E-state index in [-0.39, 0.29) is 24.3 Å². The number of benzene rings is 1. The molecule has 22 nitrogen and oxygen atoms in total. The number of aliphatic hydroxyl groups is 8. The standard InChI is InChI=1S/C53H82N6O16/c1-5-6-7-8-9-10-11-12-13-14-15-16-17-18-19-20-41(66)54-37-27-40(65)50(72)57-51(73)44-45(67)30(2)28-59(44)53(75)43(32(4)61)55-48(70)36(47(69)46(68)33-21-23-34(62)24-22-33)26-39(64)38-25-35(63)29-58(38)52(74)42(31(3)60)56-49(37)71/h9-10,12-13,21-24,30-32,35-38,40,42-47,50,60-63,65,67-69,72H,5-8,11,14-20,25-29H2,1-4H3,(H,54,66)(H,55,70)(H,56,71)(H,57,73)/b10-9+,13-12+/t30-,31+,32+,35+,36-,37-,38-,40+,42-,43-,44?,45-,46-,47-,50+/m0/s1. The van der Waals surface area contributed by atoms with Gasteiger partial charge in [0.15, 0.2) is 12.0 Å². The quantitative estimate of drug-likeness (QED) is 0.0592. The Balaban J connectivity index is 1.62. The fourth-order valence-corrected chi connectivity index (χ4v) is 9.67. The van der Waals surface area contributed by atoms with E-state index in [1.807, 2.05) is 0 Å². The molecule has 1 aromatic carbocycles. The number of allylic oxidation sites excluding steroid dienone is 4. The van der Waals surface area contributed by atoms with E-state index in [4.69, 9.17) is 0 Å². The van der Waals surface area contributed by atoms with Gasteiger partial charge in [-0.1, -0.05) is 82.4 Å². The Kier molecular flexibility index (Phi) is 25.2. The van der Waals surface area contributed by atoms with Crippen molar-refractivity contribution in [1.29, 1.82) is 0 Å². The van der Waals surface area contributed by atoms with Gasteiger partial charge < -0.3 is 77.0 Å². The average Bonchev–Trinajstić information content (AvgIpc) is 3.91. The predicted octanol–water partition coefficient (Wildman–Crippen LogP) is -0.240. The highest BCUT2D eigenvalue weighted by atomic mass is 16.3. The van der Waals surface area contributed by atoms with Gasteiger partial charge >= 0.3 is 0 Å². The maximum Gasteiger partial charge on any atom is 0.248 e. The number of nitrogens with one attached hydrogen (secondary N) is 4. The Morgan fingerprint density at radius 2 is 1.29 bits per heavy atom. The van der Waals surface area contributed by atoms with Gasteiger partial charge in [-0.05, 0) is 70.1 Å². The van der Waals surface area contributed by atoms with Gasteiger partial charge in [0.1, 0.15) is 42.1 Å². The van der Waals surface area contributed by atoms with Gasteiger partial charge in [-0.2, -0.15) is 0 Å². The molecule has 3 aliphatic rings. The van der Waals surface area contributed by atoms with Gasteiger partial charge in [-0.15, -0.1) is 0 Å². The van der Waals surface area contributed by atoms with Crippen molar-refractivity contribution in [3.8, 4) is 5.75 Å². The van der Waals surface area contributed by atoms with Crippen LogP contribution in [0.2, 0.25) is 0 Å². The number of phenols is 1. The Morgan fingerprint density at radius 3 is 1.91 bits per heavy atom. The summed E-state index contributed by atoms with van der Waals surface area (Å²) < 4.78 is 0.